The lowest BCUT2D eigenvalue weighted by Gasteiger charge is -2.25. The molecular formula is C18H27FN2O3. The molecule has 1 aromatic rings. The lowest BCUT2D eigenvalue weighted by molar-refractivity contribution is -0.124. The number of carbonyl (C=O) groups excluding carboxylic acids is 2. The molecule has 0 fully saturated rings. The van der Waals surface area contributed by atoms with Crippen LogP contribution < -0.4 is 10.6 Å². The molecule has 2 N–H and O–H groups in total. The number of amides is 2. The SMILES string of the molecule is Cc1cc(CNC(=O)C(NC(=O)OC(C)(C)C)C(C)C)ccc1F. The Labute approximate surface area is 143 Å². The minimum absolute atomic E-state index is 0.104. The van der Waals surface area contributed by atoms with Gasteiger partial charge in [0.2, 0.25) is 5.91 Å². The summed E-state index contributed by atoms with van der Waals surface area (Å²) in [5, 5.41) is 5.36. The molecule has 0 aliphatic heterocycles. The molecular weight excluding hydrogens is 311 g/mol. The Morgan fingerprint density at radius 3 is 2.38 bits per heavy atom. The van der Waals surface area contributed by atoms with Gasteiger partial charge in [-0.25, -0.2) is 9.18 Å². The van der Waals surface area contributed by atoms with Gasteiger partial charge in [0.15, 0.2) is 0 Å². The van der Waals surface area contributed by atoms with Crippen molar-refractivity contribution < 1.29 is 18.7 Å². The van der Waals surface area contributed by atoms with Crippen LogP contribution in [0.1, 0.15) is 45.7 Å². The number of rotatable bonds is 5. The molecule has 0 aliphatic rings. The minimum Gasteiger partial charge on any atom is -0.444 e. The lowest BCUT2D eigenvalue weighted by Crippen LogP contribution is -2.50. The monoisotopic (exact) mass is 338 g/mol. The number of halogens is 1. The molecule has 1 unspecified atom stereocenters. The first-order valence-electron chi connectivity index (χ1n) is 8.02. The number of aryl methyl sites for hydroxylation is 1. The highest BCUT2D eigenvalue weighted by atomic mass is 19.1. The van der Waals surface area contributed by atoms with Gasteiger partial charge in [0.05, 0.1) is 0 Å². The van der Waals surface area contributed by atoms with Crippen molar-refractivity contribution in [3.8, 4) is 0 Å². The fourth-order valence-electron chi connectivity index (χ4n) is 2.09. The first kappa shape index (κ1) is 19.9. The largest absolute Gasteiger partial charge is 0.444 e. The summed E-state index contributed by atoms with van der Waals surface area (Å²) < 4.78 is 18.5. The predicted octanol–water partition coefficient (Wildman–Crippen LogP) is 3.30. The van der Waals surface area contributed by atoms with Crippen LogP contribution in [0.5, 0.6) is 0 Å². The average molecular weight is 338 g/mol. The van der Waals surface area contributed by atoms with Crippen LogP contribution in [0.25, 0.3) is 0 Å². The maximum atomic E-state index is 13.3. The fourth-order valence-corrected chi connectivity index (χ4v) is 2.09. The van der Waals surface area contributed by atoms with Gasteiger partial charge in [0.1, 0.15) is 17.5 Å². The molecule has 0 aliphatic carbocycles. The highest BCUT2D eigenvalue weighted by molar-refractivity contribution is 5.85. The molecule has 0 saturated heterocycles. The molecule has 1 aromatic carbocycles. The molecule has 1 atom stereocenters. The summed E-state index contributed by atoms with van der Waals surface area (Å²) in [6.07, 6.45) is -0.631. The molecule has 6 heteroatoms. The summed E-state index contributed by atoms with van der Waals surface area (Å²) in [6, 6.07) is 3.96. The number of nitrogens with one attached hydrogen (secondary N) is 2. The van der Waals surface area contributed by atoms with E-state index in [1.807, 2.05) is 13.8 Å². The first-order valence-corrected chi connectivity index (χ1v) is 8.02. The van der Waals surface area contributed by atoms with Crippen molar-refractivity contribution >= 4 is 12.0 Å². The summed E-state index contributed by atoms with van der Waals surface area (Å²) in [7, 11) is 0. The quantitative estimate of drug-likeness (QED) is 0.865. The fraction of sp³-hybridized carbons (Fsp3) is 0.556. The minimum atomic E-state index is -0.707. The van der Waals surface area contributed by atoms with E-state index in [1.165, 1.54) is 6.07 Å². The van der Waals surface area contributed by atoms with Crippen molar-refractivity contribution in [3.63, 3.8) is 0 Å². The zero-order valence-corrected chi connectivity index (χ0v) is 15.2. The highest BCUT2D eigenvalue weighted by Crippen LogP contribution is 2.11. The van der Waals surface area contributed by atoms with E-state index in [-0.39, 0.29) is 24.2 Å². The molecule has 0 radical (unpaired) electrons. The molecule has 0 aromatic heterocycles. The van der Waals surface area contributed by atoms with Crippen LogP contribution in [0, 0.1) is 18.7 Å². The number of benzene rings is 1. The Kier molecular flexibility index (Phi) is 6.75. The number of carbonyl (C=O) groups is 2. The number of alkyl carbamates (subject to hydrolysis) is 1. The summed E-state index contributed by atoms with van der Waals surface area (Å²) in [5.41, 5.74) is 0.685. The summed E-state index contributed by atoms with van der Waals surface area (Å²) >= 11 is 0. The smallest absolute Gasteiger partial charge is 0.408 e. The van der Waals surface area contributed by atoms with Gasteiger partial charge in [-0.15, -0.1) is 0 Å². The number of hydrogen-bond donors (Lipinski definition) is 2. The van der Waals surface area contributed by atoms with Crippen LogP contribution in [-0.2, 0) is 16.1 Å². The topological polar surface area (TPSA) is 67.4 Å². The van der Waals surface area contributed by atoms with Gasteiger partial charge in [0.25, 0.3) is 0 Å². The Balaban J connectivity index is 2.66. The third-order valence-corrected chi connectivity index (χ3v) is 3.31. The molecule has 134 valence electrons. The molecule has 5 nitrogen and oxygen atoms in total. The van der Waals surface area contributed by atoms with E-state index < -0.39 is 17.7 Å². The maximum absolute atomic E-state index is 13.3. The molecule has 24 heavy (non-hydrogen) atoms. The Hall–Kier alpha value is -2.11. The van der Waals surface area contributed by atoms with Gasteiger partial charge in [-0.3, -0.25) is 4.79 Å². The number of hydrogen-bond acceptors (Lipinski definition) is 3. The summed E-state index contributed by atoms with van der Waals surface area (Å²) in [5.74, 6) is -0.693. The second-order valence-electron chi connectivity index (χ2n) is 7.17. The van der Waals surface area contributed by atoms with Gasteiger partial charge in [-0.2, -0.15) is 0 Å². The molecule has 0 bridgehead atoms. The van der Waals surface area contributed by atoms with Gasteiger partial charge in [-0.1, -0.05) is 26.0 Å². The van der Waals surface area contributed by atoms with Crippen molar-refractivity contribution in [2.45, 2.75) is 59.7 Å². The molecule has 0 spiro atoms. The van der Waals surface area contributed by atoms with E-state index >= 15 is 0 Å². The van der Waals surface area contributed by atoms with E-state index in [4.69, 9.17) is 4.74 Å². The van der Waals surface area contributed by atoms with Crippen LogP contribution >= 0.6 is 0 Å². The molecule has 0 heterocycles. The summed E-state index contributed by atoms with van der Waals surface area (Å²) in [4.78, 5) is 24.2. The molecule has 1 rings (SSSR count). The predicted molar refractivity (Wildman–Crippen MR) is 91.0 cm³/mol. The van der Waals surface area contributed by atoms with Crippen molar-refractivity contribution in [2.75, 3.05) is 0 Å². The third kappa shape index (κ3) is 6.56. The van der Waals surface area contributed by atoms with E-state index in [0.717, 1.165) is 5.56 Å². The van der Waals surface area contributed by atoms with Crippen molar-refractivity contribution in [2.24, 2.45) is 5.92 Å². The zero-order valence-electron chi connectivity index (χ0n) is 15.2. The second-order valence-corrected chi connectivity index (χ2v) is 7.17. The van der Waals surface area contributed by atoms with Gasteiger partial charge in [-0.05, 0) is 50.8 Å². The lowest BCUT2D eigenvalue weighted by atomic mass is 10.0. The van der Waals surface area contributed by atoms with Crippen molar-refractivity contribution in [1.29, 1.82) is 0 Å². The Bertz CT molecular complexity index is 594. The first-order chi connectivity index (χ1) is 11.0. The third-order valence-electron chi connectivity index (χ3n) is 3.31. The zero-order chi connectivity index (χ0) is 18.5. The van der Waals surface area contributed by atoms with Crippen molar-refractivity contribution in [1.82, 2.24) is 10.6 Å². The second kappa shape index (κ2) is 8.13. The van der Waals surface area contributed by atoms with E-state index in [0.29, 0.717) is 5.56 Å². The van der Waals surface area contributed by atoms with E-state index in [2.05, 4.69) is 10.6 Å². The molecule has 0 saturated carbocycles. The number of ether oxygens (including phenoxy) is 1. The van der Waals surface area contributed by atoms with Gasteiger partial charge >= 0.3 is 6.09 Å². The average Bonchev–Trinajstić information content (AvgIpc) is 2.43. The summed E-state index contributed by atoms with van der Waals surface area (Å²) in [6.45, 7) is 10.9. The maximum Gasteiger partial charge on any atom is 0.408 e. The van der Waals surface area contributed by atoms with E-state index in [9.17, 15) is 14.0 Å². The van der Waals surface area contributed by atoms with Gasteiger partial charge in [0, 0.05) is 6.54 Å². The highest BCUT2D eigenvalue weighted by Gasteiger charge is 2.26. The molecule has 2 amide bonds. The standard InChI is InChI=1S/C18H27FN2O3/c1-11(2)15(21-17(23)24-18(4,5)6)16(22)20-10-13-7-8-14(19)12(3)9-13/h7-9,11,15H,10H2,1-6H3,(H,20,22)(H,21,23). The Morgan fingerprint density at radius 1 is 1.25 bits per heavy atom. The normalized spacial score (nSPS) is 12.7. The van der Waals surface area contributed by atoms with Crippen LogP contribution in [0.3, 0.4) is 0 Å². The van der Waals surface area contributed by atoms with Crippen LogP contribution in [0.4, 0.5) is 9.18 Å². The van der Waals surface area contributed by atoms with Crippen LogP contribution in [0.2, 0.25) is 0 Å². The van der Waals surface area contributed by atoms with Gasteiger partial charge < -0.3 is 15.4 Å². The van der Waals surface area contributed by atoms with E-state index in [1.54, 1.807) is 39.8 Å². The van der Waals surface area contributed by atoms with Crippen molar-refractivity contribution in [3.05, 3.63) is 35.1 Å². The van der Waals surface area contributed by atoms with Crippen LogP contribution in [-0.4, -0.2) is 23.6 Å². The Morgan fingerprint density at radius 2 is 1.88 bits per heavy atom. The van der Waals surface area contributed by atoms with Crippen LogP contribution in [0.15, 0.2) is 18.2 Å².